The lowest BCUT2D eigenvalue weighted by atomic mass is 9.72. The number of hydrogen-bond acceptors (Lipinski definition) is 3. The van der Waals surface area contributed by atoms with Crippen molar-refractivity contribution in [3.8, 4) is 0 Å². The van der Waals surface area contributed by atoms with Crippen molar-refractivity contribution >= 4 is 22.0 Å². The van der Waals surface area contributed by atoms with Crippen molar-refractivity contribution < 1.29 is 14.6 Å². The summed E-state index contributed by atoms with van der Waals surface area (Å²) in [6.07, 6.45) is 1.09. The first-order chi connectivity index (χ1) is 15.1. The zero-order chi connectivity index (χ0) is 21.7. The maximum absolute atomic E-state index is 12.6. The van der Waals surface area contributed by atoms with Crippen LogP contribution in [0.25, 0.3) is 0 Å². The number of nitrogens with zero attached hydrogens (tertiary/aromatic N) is 1. The summed E-state index contributed by atoms with van der Waals surface area (Å²) in [6, 6.07) is 27.4. The van der Waals surface area contributed by atoms with Gasteiger partial charge < -0.3 is 14.7 Å². The number of ether oxygens (including phenoxy) is 1. The van der Waals surface area contributed by atoms with Crippen LogP contribution in [0.4, 0.5) is 4.79 Å². The second-order valence-electron chi connectivity index (χ2n) is 7.91. The number of carbonyl (C=O) groups is 1. The molecule has 0 saturated carbocycles. The molecule has 0 atom stereocenters. The van der Waals surface area contributed by atoms with E-state index in [2.05, 4.69) is 15.9 Å². The summed E-state index contributed by atoms with van der Waals surface area (Å²) in [5, 5.41) is 11.9. The van der Waals surface area contributed by atoms with E-state index in [0.29, 0.717) is 25.9 Å². The first-order valence-corrected chi connectivity index (χ1v) is 11.4. The van der Waals surface area contributed by atoms with E-state index in [9.17, 15) is 9.90 Å². The number of carbonyl (C=O) groups excluding carboxylic acids is 1. The third kappa shape index (κ3) is 4.68. The third-order valence-electron chi connectivity index (χ3n) is 6.08. The second-order valence-corrected chi connectivity index (χ2v) is 8.76. The Labute approximate surface area is 191 Å². The zero-order valence-corrected chi connectivity index (χ0v) is 18.9. The van der Waals surface area contributed by atoms with Crippen LogP contribution in [0.15, 0.2) is 89.4 Å². The Hall–Kier alpha value is -2.63. The molecule has 0 aromatic heterocycles. The average molecular weight is 480 g/mol. The molecule has 1 aliphatic rings. The molecule has 4 rings (SSSR count). The molecule has 31 heavy (non-hydrogen) atoms. The highest BCUT2D eigenvalue weighted by atomic mass is 79.9. The number of rotatable bonds is 5. The molecule has 0 aliphatic carbocycles. The monoisotopic (exact) mass is 479 g/mol. The summed E-state index contributed by atoms with van der Waals surface area (Å²) in [5.41, 5.74) is 1.62. The highest BCUT2D eigenvalue weighted by molar-refractivity contribution is 9.10. The molecule has 1 aliphatic heterocycles. The molecule has 5 heteroatoms. The van der Waals surface area contributed by atoms with Gasteiger partial charge in [0.25, 0.3) is 0 Å². The van der Waals surface area contributed by atoms with Gasteiger partial charge >= 0.3 is 6.09 Å². The molecule has 0 radical (unpaired) electrons. The van der Waals surface area contributed by atoms with Crippen molar-refractivity contribution in [2.75, 3.05) is 13.1 Å². The molecule has 1 N–H and O–H groups in total. The number of aliphatic hydroxyl groups is 1. The molecule has 1 heterocycles. The minimum Gasteiger partial charge on any atom is -0.444 e. The minimum absolute atomic E-state index is 0.00428. The highest BCUT2D eigenvalue weighted by Gasteiger charge is 2.42. The Morgan fingerprint density at radius 1 is 0.903 bits per heavy atom. The molecule has 3 aromatic carbocycles. The molecule has 1 fully saturated rings. The Kier molecular flexibility index (Phi) is 6.73. The minimum atomic E-state index is -1.09. The number of piperidine rings is 1. The largest absolute Gasteiger partial charge is 0.444 e. The van der Waals surface area contributed by atoms with E-state index in [-0.39, 0.29) is 18.6 Å². The highest BCUT2D eigenvalue weighted by Crippen LogP contribution is 2.42. The lowest BCUT2D eigenvalue weighted by Gasteiger charge is -2.42. The molecule has 1 amide bonds. The van der Waals surface area contributed by atoms with Crippen LogP contribution in [-0.2, 0) is 16.9 Å². The van der Waals surface area contributed by atoms with Gasteiger partial charge in [-0.3, -0.25) is 0 Å². The third-order valence-corrected chi connectivity index (χ3v) is 6.85. The van der Waals surface area contributed by atoms with Crippen LogP contribution >= 0.6 is 15.9 Å². The van der Waals surface area contributed by atoms with E-state index in [0.717, 1.165) is 21.2 Å². The number of benzene rings is 3. The van der Waals surface area contributed by atoms with Crippen LogP contribution in [0.1, 0.15) is 29.5 Å². The van der Waals surface area contributed by atoms with Crippen LogP contribution in [0.3, 0.4) is 0 Å². The van der Waals surface area contributed by atoms with Crippen molar-refractivity contribution in [3.63, 3.8) is 0 Å². The standard InChI is InChI=1S/C26H26BrNO3/c27-24-14-8-7-9-20(24)19-31-25(29)28-17-15-23(16-18-28)26(30,21-10-3-1-4-11-21)22-12-5-2-6-13-22/h1-14,23,30H,15-19H2. The Morgan fingerprint density at radius 2 is 1.42 bits per heavy atom. The van der Waals surface area contributed by atoms with Gasteiger partial charge in [0.1, 0.15) is 12.2 Å². The molecule has 0 spiro atoms. The first-order valence-electron chi connectivity index (χ1n) is 10.6. The van der Waals surface area contributed by atoms with Gasteiger partial charge in [-0.25, -0.2) is 4.79 Å². The van der Waals surface area contributed by atoms with Crippen molar-refractivity contribution in [2.45, 2.75) is 25.0 Å². The summed E-state index contributed by atoms with van der Waals surface area (Å²) >= 11 is 3.48. The van der Waals surface area contributed by atoms with E-state index < -0.39 is 5.60 Å². The number of amides is 1. The van der Waals surface area contributed by atoms with Gasteiger partial charge in [-0.05, 0) is 36.0 Å². The van der Waals surface area contributed by atoms with Gasteiger partial charge in [-0.2, -0.15) is 0 Å². The maximum atomic E-state index is 12.6. The van der Waals surface area contributed by atoms with Crippen LogP contribution in [-0.4, -0.2) is 29.2 Å². The summed E-state index contributed by atoms with van der Waals surface area (Å²) in [4.78, 5) is 14.3. The van der Waals surface area contributed by atoms with E-state index >= 15 is 0 Å². The molecule has 1 saturated heterocycles. The summed E-state index contributed by atoms with van der Waals surface area (Å²) in [6.45, 7) is 1.35. The predicted octanol–water partition coefficient (Wildman–Crippen LogP) is 5.73. The summed E-state index contributed by atoms with van der Waals surface area (Å²) in [7, 11) is 0. The van der Waals surface area contributed by atoms with Crippen molar-refractivity contribution in [1.82, 2.24) is 4.90 Å². The summed E-state index contributed by atoms with van der Waals surface area (Å²) in [5.74, 6) is 0.00428. The molecule has 3 aromatic rings. The Morgan fingerprint density at radius 3 is 1.97 bits per heavy atom. The van der Waals surface area contributed by atoms with Gasteiger partial charge in [0, 0.05) is 23.1 Å². The Balaban J connectivity index is 1.45. The number of likely N-dealkylation sites (tertiary alicyclic amines) is 1. The van der Waals surface area contributed by atoms with Crippen LogP contribution in [0.5, 0.6) is 0 Å². The zero-order valence-electron chi connectivity index (χ0n) is 17.3. The maximum Gasteiger partial charge on any atom is 0.410 e. The Bertz CT molecular complexity index is 962. The normalized spacial score (nSPS) is 15.0. The van der Waals surface area contributed by atoms with Crippen molar-refractivity contribution in [1.29, 1.82) is 0 Å². The van der Waals surface area contributed by atoms with Gasteiger partial charge in [0.2, 0.25) is 0 Å². The van der Waals surface area contributed by atoms with E-state index in [4.69, 9.17) is 4.74 Å². The smallest absolute Gasteiger partial charge is 0.410 e. The SMILES string of the molecule is O=C(OCc1ccccc1Br)N1CCC(C(O)(c2ccccc2)c2ccccc2)CC1. The second kappa shape index (κ2) is 9.67. The lowest BCUT2D eigenvalue weighted by Crippen LogP contribution is -2.46. The lowest BCUT2D eigenvalue weighted by molar-refractivity contribution is -0.0149. The van der Waals surface area contributed by atoms with E-state index in [1.807, 2.05) is 84.9 Å². The molecule has 0 bridgehead atoms. The van der Waals surface area contributed by atoms with Crippen LogP contribution in [0.2, 0.25) is 0 Å². The van der Waals surface area contributed by atoms with Gasteiger partial charge in [0.05, 0.1) is 0 Å². The van der Waals surface area contributed by atoms with Crippen LogP contribution in [0, 0.1) is 5.92 Å². The topological polar surface area (TPSA) is 49.8 Å². The molecule has 4 nitrogen and oxygen atoms in total. The summed E-state index contributed by atoms with van der Waals surface area (Å²) < 4.78 is 6.46. The molecule has 160 valence electrons. The van der Waals surface area contributed by atoms with E-state index in [1.54, 1.807) is 4.90 Å². The van der Waals surface area contributed by atoms with Gasteiger partial charge in [0.15, 0.2) is 0 Å². The fraction of sp³-hybridized carbons (Fsp3) is 0.269. The average Bonchev–Trinajstić information content (AvgIpc) is 2.84. The fourth-order valence-corrected chi connectivity index (χ4v) is 4.75. The number of halogens is 1. The number of hydrogen-bond donors (Lipinski definition) is 1. The molecular weight excluding hydrogens is 454 g/mol. The van der Waals surface area contributed by atoms with E-state index in [1.165, 1.54) is 0 Å². The van der Waals surface area contributed by atoms with Crippen LogP contribution < -0.4 is 0 Å². The van der Waals surface area contributed by atoms with Gasteiger partial charge in [-0.15, -0.1) is 0 Å². The van der Waals surface area contributed by atoms with Crippen molar-refractivity contribution in [2.24, 2.45) is 5.92 Å². The molecule has 0 unspecified atom stereocenters. The fourth-order valence-electron chi connectivity index (χ4n) is 4.35. The first kappa shape index (κ1) is 21.6. The molecular formula is C26H26BrNO3. The van der Waals surface area contributed by atoms with Gasteiger partial charge in [-0.1, -0.05) is 94.8 Å². The quantitative estimate of drug-likeness (QED) is 0.507. The van der Waals surface area contributed by atoms with Crippen molar-refractivity contribution in [3.05, 3.63) is 106 Å². The predicted molar refractivity (Wildman–Crippen MR) is 125 cm³/mol.